The molecule has 1 aromatic rings. The zero-order chi connectivity index (χ0) is 13.9. The highest BCUT2D eigenvalue weighted by Crippen LogP contribution is 2.27. The molecule has 0 bridgehead atoms. The summed E-state index contributed by atoms with van der Waals surface area (Å²) < 4.78 is 30.2. The summed E-state index contributed by atoms with van der Waals surface area (Å²) in [6.45, 7) is 0. The summed E-state index contributed by atoms with van der Waals surface area (Å²) in [5.41, 5.74) is -0.829. The van der Waals surface area contributed by atoms with Crippen molar-refractivity contribution in [3.63, 3.8) is 0 Å². The third-order valence-electron chi connectivity index (χ3n) is 2.07. The van der Waals surface area contributed by atoms with Gasteiger partial charge in [0, 0.05) is 11.8 Å². The Morgan fingerprint density at radius 1 is 1.44 bits per heavy atom. The van der Waals surface area contributed by atoms with Gasteiger partial charge in [-0.1, -0.05) is 11.6 Å². The average molecular weight is 276 g/mol. The number of benzene rings is 1. The molecule has 0 heterocycles. The molecule has 0 aliphatic heterocycles. The van der Waals surface area contributed by atoms with Crippen LogP contribution in [0.5, 0.6) is 0 Å². The summed E-state index contributed by atoms with van der Waals surface area (Å²) in [6.07, 6.45) is 0.527. The van der Waals surface area contributed by atoms with Gasteiger partial charge in [-0.15, -0.1) is 0 Å². The highest BCUT2D eigenvalue weighted by molar-refractivity contribution is 6.32. The van der Waals surface area contributed by atoms with Gasteiger partial charge in [-0.25, -0.2) is 13.6 Å². The van der Waals surface area contributed by atoms with Crippen LogP contribution in [0.4, 0.5) is 8.78 Å². The van der Waals surface area contributed by atoms with Crippen molar-refractivity contribution < 1.29 is 23.4 Å². The Kier molecular flexibility index (Phi) is 4.38. The van der Waals surface area contributed by atoms with E-state index < -0.39 is 28.9 Å². The van der Waals surface area contributed by atoms with Crippen LogP contribution in [0.25, 0.3) is 5.76 Å². The van der Waals surface area contributed by atoms with Crippen LogP contribution in [0.3, 0.4) is 0 Å². The van der Waals surface area contributed by atoms with Gasteiger partial charge in [0.25, 0.3) is 0 Å². The third-order valence-corrected chi connectivity index (χ3v) is 2.38. The first-order chi connectivity index (χ1) is 8.42. The van der Waals surface area contributed by atoms with Gasteiger partial charge in [0.15, 0.2) is 11.6 Å². The molecule has 1 rings (SSSR count). The maximum atomic E-state index is 13.0. The maximum absolute atomic E-state index is 13.0. The van der Waals surface area contributed by atoms with Crippen LogP contribution < -0.4 is 0 Å². The number of nitrogens with one attached hydrogen (secondary N) is 1. The standard InChI is InChI=1S/C11H8ClF2NO3/c1-18-11(17)6(4-15)10(16)5-2-8(13)9(14)3-7(5)12/h2-4,15-16H,1H3/b10-6+,15-4?. The van der Waals surface area contributed by atoms with Gasteiger partial charge >= 0.3 is 5.97 Å². The number of carbonyl (C=O) groups excluding carboxylic acids is 1. The Balaban J connectivity index is 3.45. The molecule has 1 aromatic carbocycles. The number of methoxy groups -OCH3 is 1. The van der Waals surface area contributed by atoms with Crippen LogP contribution >= 0.6 is 11.6 Å². The number of carbonyl (C=O) groups is 1. The van der Waals surface area contributed by atoms with Gasteiger partial charge in [0.1, 0.15) is 11.3 Å². The molecule has 7 heteroatoms. The average Bonchev–Trinajstić information content (AvgIpc) is 2.34. The number of hydrogen-bond donors (Lipinski definition) is 2. The molecule has 0 spiro atoms. The maximum Gasteiger partial charge on any atom is 0.343 e. The molecule has 2 N–H and O–H groups in total. The minimum atomic E-state index is -1.24. The van der Waals surface area contributed by atoms with E-state index in [4.69, 9.17) is 17.0 Å². The topological polar surface area (TPSA) is 70.4 Å². The van der Waals surface area contributed by atoms with Crippen molar-refractivity contribution in [2.45, 2.75) is 0 Å². The molecule has 0 saturated heterocycles. The van der Waals surface area contributed by atoms with Crippen molar-refractivity contribution in [3.05, 3.63) is 39.9 Å². The minimum Gasteiger partial charge on any atom is -0.506 e. The number of esters is 1. The minimum absolute atomic E-state index is 0.297. The first-order valence-electron chi connectivity index (χ1n) is 4.59. The number of hydrogen-bond acceptors (Lipinski definition) is 4. The predicted octanol–water partition coefficient (Wildman–Crippen LogP) is 2.71. The molecule has 4 nitrogen and oxygen atoms in total. The van der Waals surface area contributed by atoms with Crippen LogP contribution in [0.1, 0.15) is 5.56 Å². The second-order valence-electron chi connectivity index (χ2n) is 3.14. The summed E-state index contributed by atoms with van der Waals surface area (Å²) in [5.74, 6) is -4.19. The summed E-state index contributed by atoms with van der Waals surface area (Å²) in [6, 6.07) is 1.28. The van der Waals surface area contributed by atoms with Gasteiger partial charge < -0.3 is 15.3 Å². The molecule has 0 radical (unpaired) electrons. The third kappa shape index (κ3) is 2.65. The fourth-order valence-corrected chi connectivity index (χ4v) is 1.42. The molecule has 0 fully saturated rings. The first-order valence-corrected chi connectivity index (χ1v) is 4.97. The lowest BCUT2D eigenvalue weighted by Crippen LogP contribution is -2.09. The highest BCUT2D eigenvalue weighted by atomic mass is 35.5. The second-order valence-corrected chi connectivity index (χ2v) is 3.55. The number of rotatable bonds is 3. The van der Waals surface area contributed by atoms with E-state index in [0.29, 0.717) is 18.3 Å². The van der Waals surface area contributed by atoms with E-state index in [9.17, 15) is 18.7 Å². The SMILES string of the molecule is COC(=O)/C(C=N)=C(/O)c1cc(F)c(F)cc1Cl. The lowest BCUT2D eigenvalue weighted by Gasteiger charge is -2.07. The lowest BCUT2D eigenvalue weighted by atomic mass is 10.1. The van der Waals surface area contributed by atoms with E-state index in [1.54, 1.807) is 0 Å². The number of halogens is 3. The second kappa shape index (κ2) is 5.59. The number of aliphatic hydroxyl groups is 1. The van der Waals surface area contributed by atoms with Gasteiger partial charge in [-0.05, 0) is 12.1 Å². The van der Waals surface area contributed by atoms with Crippen LogP contribution in [-0.4, -0.2) is 24.4 Å². The Labute approximate surface area is 106 Å². The quantitative estimate of drug-likeness (QED) is 0.293. The predicted molar refractivity (Wildman–Crippen MR) is 61.7 cm³/mol. The van der Waals surface area contributed by atoms with Gasteiger partial charge in [0.05, 0.1) is 12.1 Å². The van der Waals surface area contributed by atoms with Crippen LogP contribution in [0.2, 0.25) is 5.02 Å². The van der Waals surface area contributed by atoms with Crippen molar-refractivity contribution in [3.8, 4) is 0 Å². The van der Waals surface area contributed by atoms with E-state index in [2.05, 4.69) is 4.74 Å². The van der Waals surface area contributed by atoms with Gasteiger partial charge in [0.2, 0.25) is 0 Å². The molecule has 0 saturated carbocycles. The number of aliphatic hydroxyl groups excluding tert-OH is 1. The Morgan fingerprint density at radius 3 is 2.50 bits per heavy atom. The van der Waals surface area contributed by atoms with Gasteiger partial charge in [-0.2, -0.15) is 0 Å². The fourth-order valence-electron chi connectivity index (χ4n) is 1.18. The Bertz CT molecular complexity index is 543. The zero-order valence-corrected chi connectivity index (χ0v) is 9.89. The van der Waals surface area contributed by atoms with E-state index >= 15 is 0 Å². The molecule has 0 atom stereocenters. The van der Waals surface area contributed by atoms with Crippen molar-refractivity contribution in [2.75, 3.05) is 7.11 Å². The zero-order valence-electron chi connectivity index (χ0n) is 9.13. The molecule has 18 heavy (non-hydrogen) atoms. The van der Waals surface area contributed by atoms with Crippen molar-refractivity contribution in [2.24, 2.45) is 0 Å². The molecule has 0 amide bonds. The monoisotopic (exact) mass is 275 g/mol. The number of ether oxygens (including phenoxy) is 1. The van der Waals surface area contributed by atoms with Crippen molar-refractivity contribution in [1.29, 1.82) is 5.41 Å². The van der Waals surface area contributed by atoms with Crippen LogP contribution in [0.15, 0.2) is 17.7 Å². The van der Waals surface area contributed by atoms with E-state index in [1.165, 1.54) is 0 Å². The Hall–Kier alpha value is -1.95. The van der Waals surface area contributed by atoms with Crippen LogP contribution in [-0.2, 0) is 9.53 Å². The lowest BCUT2D eigenvalue weighted by molar-refractivity contribution is -0.135. The van der Waals surface area contributed by atoms with E-state index in [1.807, 2.05) is 0 Å². The molecule has 0 unspecified atom stereocenters. The summed E-state index contributed by atoms with van der Waals surface area (Å²) in [4.78, 5) is 11.2. The molecule has 0 aliphatic rings. The largest absolute Gasteiger partial charge is 0.506 e. The summed E-state index contributed by atoms with van der Waals surface area (Å²) in [7, 11) is 1.05. The Morgan fingerprint density at radius 2 is 2.00 bits per heavy atom. The summed E-state index contributed by atoms with van der Waals surface area (Å²) in [5, 5.41) is 16.4. The van der Waals surface area contributed by atoms with Crippen LogP contribution in [0, 0.1) is 17.0 Å². The molecule has 96 valence electrons. The molecular weight excluding hydrogens is 268 g/mol. The first kappa shape index (κ1) is 14.1. The summed E-state index contributed by atoms with van der Waals surface area (Å²) >= 11 is 5.62. The smallest absolute Gasteiger partial charge is 0.343 e. The molecule has 0 aliphatic carbocycles. The molecular formula is C11H8ClF2NO3. The van der Waals surface area contributed by atoms with Gasteiger partial charge in [-0.3, -0.25) is 0 Å². The fraction of sp³-hybridized carbons (Fsp3) is 0.0909. The van der Waals surface area contributed by atoms with E-state index in [-0.39, 0.29) is 10.6 Å². The highest BCUT2D eigenvalue weighted by Gasteiger charge is 2.19. The normalized spacial score (nSPS) is 11.8. The molecule has 0 aromatic heterocycles. The van der Waals surface area contributed by atoms with E-state index in [0.717, 1.165) is 7.11 Å². The van der Waals surface area contributed by atoms with Crippen molar-refractivity contribution >= 4 is 29.5 Å². The van der Waals surface area contributed by atoms with Crippen molar-refractivity contribution in [1.82, 2.24) is 0 Å².